The first kappa shape index (κ1) is 13.9. The van der Waals surface area contributed by atoms with Gasteiger partial charge in [-0.3, -0.25) is 14.9 Å². The topological polar surface area (TPSA) is 104 Å². The number of hydrogen-bond acceptors (Lipinski definition) is 5. The first-order valence-electron chi connectivity index (χ1n) is 5.24. The number of hydrogen-bond donors (Lipinski definition) is 2. The Hall–Kier alpha value is -2.15. The molecule has 2 N–H and O–H groups in total. The molecule has 0 aromatic heterocycles. The summed E-state index contributed by atoms with van der Waals surface area (Å²) in [5.74, 6) is -0.854. The Morgan fingerprint density at radius 2 is 2.17 bits per heavy atom. The van der Waals surface area contributed by atoms with Crippen molar-refractivity contribution in [2.24, 2.45) is 0 Å². The molecule has 7 nitrogen and oxygen atoms in total. The van der Waals surface area contributed by atoms with Crippen molar-refractivity contribution in [3.8, 4) is 5.75 Å². The molecular weight excluding hydrogens is 240 g/mol. The second-order valence-corrected chi connectivity index (χ2v) is 3.99. The Bertz CT molecular complexity index is 473. The van der Waals surface area contributed by atoms with Gasteiger partial charge in [0.05, 0.1) is 11.0 Å². The van der Waals surface area contributed by atoms with Crippen LogP contribution in [0.2, 0.25) is 0 Å². The molecule has 0 saturated heterocycles. The van der Waals surface area contributed by atoms with Crippen LogP contribution in [0.1, 0.15) is 17.3 Å². The first-order valence-corrected chi connectivity index (χ1v) is 5.24. The zero-order valence-corrected chi connectivity index (χ0v) is 10.0. The molecule has 0 radical (unpaired) electrons. The SMILES string of the molecule is CC(O)CN(C)C(=O)c1cc(O)ccc1[N+](=O)[O-]. The van der Waals surface area contributed by atoms with E-state index in [2.05, 4.69) is 0 Å². The first-order chi connectivity index (χ1) is 8.32. The number of amides is 1. The van der Waals surface area contributed by atoms with E-state index in [1.165, 1.54) is 14.0 Å². The lowest BCUT2D eigenvalue weighted by molar-refractivity contribution is -0.385. The molecule has 0 aliphatic heterocycles. The predicted molar refractivity (Wildman–Crippen MR) is 63.4 cm³/mol. The van der Waals surface area contributed by atoms with E-state index in [9.17, 15) is 25.1 Å². The van der Waals surface area contributed by atoms with E-state index < -0.39 is 16.9 Å². The lowest BCUT2D eigenvalue weighted by Crippen LogP contribution is -2.33. The van der Waals surface area contributed by atoms with Crippen LogP contribution in [0.25, 0.3) is 0 Å². The molecule has 0 fully saturated rings. The molecule has 1 rings (SSSR count). The number of aliphatic hydroxyl groups excluding tert-OH is 1. The predicted octanol–water partition coefficient (Wildman–Crippen LogP) is 0.753. The Morgan fingerprint density at radius 3 is 2.67 bits per heavy atom. The van der Waals surface area contributed by atoms with Crippen molar-refractivity contribution in [2.75, 3.05) is 13.6 Å². The molecule has 1 amide bonds. The van der Waals surface area contributed by atoms with Crippen LogP contribution in [0.3, 0.4) is 0 Å². The zero-order valence-electron chi connectivity index (χ0n) is 10.0. The number of likely N-dealkylation sites (N-methyl/N-ethyl adjacent to an activating group) is 1. The zero-order chi connectivity index (χ0) is 13.9. The maximum absolute atomic E-state index is 12.0. The fourth-order valence-electron chi connectivity index (χ4n) is 1.54. The fraction of sp³-hybridized carbons (Fsp3) is 0.364. The number of nitrogens with zero attached hydrogens (tertiary/aromatic N) is 2. The maximum Gasteiger partial charge on any atom is 0.282 e. The van der Waals surface area contributed by atoms with Gasteiger partial charge in [0.2, 0.25) is 0 Å². The van der Waals surface area contributed by atoms with Crippen LogP contribution < -0.4 is 0 Å². The van der Waals surface area contributed by atoms with Gasteiger partial charge in [-0.2, -0.15) is 0 Å². The van der Waals surface area contributed by atoms with Gasteiger partial charge in [-0.05, 0) is 19.1 Å². The number of carbonyl (C=O) groups excluding carboxylic acids is 1. The van der Waals surface area contributed by atoms with Crippen LogP contribution >= 0.6 is 0 Å². The number of rotatable bonds is 4. The molecular formula is C11H14N2O5. The monoisotopic (exact) mass is 254 g/mol. The van der Waals surface area contributed by atoms with Crippen LogP contribution in [0.4, 0.5) is 5.69 Å². The fourth-order valence-corrected chi connectivity index (χ4v) is 1.54. The smallest absolute Gasteiger partial charge is 0.282 e. The van der Waals surface area contributed by atoms with Gasteiger partial charge in [0.15, 0.2) is 0 Å². The molecule has 0 heterocycles. The van der Waals surface area contributed by atoms with E-state index in [1.807, 2.05) is 0 Å². The Kier molecular flexibility index (Phi) is 4.22. The van der Waals surface area contributed by atoms with E-state index in [1.54, 1.807) is 0 Å². The van der Waals surface area contributed by atoms with E-state index >= 15 is 0 Å². The second-order valence-electron chi connectivity index (χ2n) is 3.99. The van der Waals surface area contributed by atoms with E-state index in [-0.39, 0.29) is 23.5 Å². The molecule has 1 unspecified atom stereocenters. The number of aromatic hydroxyl groups is 1. The molecule has 0 spiro atoms. The van der Waals surface area contributed by atoms with Crippen molar-refractivity contribution in [3.05, 3.63) is 33.9 Å². The van der Waals surface area contributed by atoms with Crippen molar-refractivity contribution in [1.29, 1.82) is 0 Å². The molecule has 18 heavy (non-hydrogen) atoms. The Morgan fingerprint density at radius 1 is 1.56 bits per heavy atom. The molecule has 7 heteroatoms. The van der Waals surface area contributed by atoms with Crippen LogP contribution in [-0.2, 0) is 0 Å². The van der Waals surface area contributed by atoms with Crippen LogP contribution in [0, 0.1) is 10.1 Å². The van der Waals surface area contributed by atoms with Gasteiger partial charge in [0, 0.05) is 19.7 Å². The summed E-state index contributed by atoms with van der Waals surface area (Å²) in [5, 5.41) is 29.2. The van der Waals surface area contributed by atoms with Gasteiger partial charge in [-0.15, -0.1) is 0 Å². The van der Waals surface area contributed by atoms with Gasteiger partial charge < -0.3 is 15.1 Å². The number of carbonyl (C=O) groups is 1. The number of phenolic OH excluding ortho intramolecular Hbond substituents is 1. The third kappa shape index (κ3) is 3.17. The summed E-state index contributed by atoms with van der Waals surface area (Å²) in [7, 11) is 1.42. The second kappa shape index (κ2) is 5.46. The highest BCUT2D eigenvalue weighted by atomic mass is 16.6. The summed E-state index contributed by atoms with van der Waals surface area (Å²) in [6.07, 6.45) is -0.740. The molecule has 0 saturated carbocycles. The highest BCUT2D eigenvalue weighted by Gasteiger charge is 2.23. The minimum Gasteiger partial charge on any atom is -0.508 e. The van der Waals surface area contributed by atoms with Gasteiger partial charge in [0.25, 0.3) is 11.6 Å². The Balaban J connectivity index is 3.11. The largest absolute Gasteiger partial charge is 0.508 e. The minimum atomic E-state index is -0.740. The van der Waals surface area contributed by atoms with Crippen molar-refractivity contribution in [3.63, 3.8) is 0 Å². The van der Waals surface area contributed by atoms with E-state index in [0.717, 1.165) is 23.1 Å². The van der Waals surface area contributed by atoms with Gasteiger partial charge >= 0.3 is 0 Å². The van der Waals surface area contributed by atoms with E-state index in [0.29, 0.717) is 0 Å². The highest BCUT2D eigenvalue weighted by Crippen LogP contribution is 2.24. The number of aliphatic hydroxyl groups is 1. The van der Waals surface area contributed by atoms with Gasteiger partial charge in [-0.25, -0.2) is 0 Å². The highest BCUT2D eigenvalue weighted by molar-refractivity contribution is 5.98. The summed E-state index contributed by atoms with van der Waals surface area (Å²) in [6, 6.07) is 3.25. The number of benzene rings is 1. The molecule has 0 aliphatic carbocycles. The van der Waals surface area contributed by atoms with Crippen LogP contribution in [-0.4, -0.2) is 45.6 Å². The van der Waals surface area contributed by atoms with Crippen molar-refractivity contribution < 1.29 is 19.9 Å². The third-order valence-corrected chi connectivity index (χ3v) is 2.29. The number of nitro groups is 1. The lowest BCUT2D eigenvalue weighted by Gasteiger charge is -2.18. The molecule has 0 bridgehead atoms. The van der Waals surface area contributed by atoms with Crippen molar-refractivity contribution >= 4 is 11.6 Å². The van der Waals surface area contributed by atoms with Crippen molar-refractivity contribution in [1.82, 2.24) is 4.90 Å². The van der Waals surface area contributed by atoms with Gasteiger partial charge in [0.1, 0.15) is 11.3 Å². The molecule has 1 aromatic carbocycles. The minimum absolute atomic E-state index is 0.0473. The molecule has 1 aromatic rings. The average molecular weight is 254 g/mol. The lowest BCUT2D eigenvalue weighted by atomic mass is 10.1. The standard InChI is InChI=1S/C11H14N2O5/c1-7(14)6-12(2)11(16)9-5-8(15)3-4-10(9)13(17)18/h3-5,7,14-15H,6H2,1-2H3. The van der Waals surface area contributed by atoms with Crippen LogP contribution in [0.5, 0.6) is 5.75 Å². The number of nitro benzene ring substituents is 1. The molecule has 1 atom stereocenters. The van der Waals surface area contributed by atoms with Gasteiger partial charge in [-0.1, -0.05) is 0 Å². The summed E-state index contributed by atoms with van der Waals surface area (Å²) in [6.45, 7) is 1.55. The van der Waals surface area contributed by atoms with Crippen molar-refractivity contribution in [2.45, 2.75) is 13.0 Å². The Labute approximate surface area is 103 Å². The summed E-state index contributed by atoms with van der Waals surface area (Å²) >= 11 is 0. The summed E-state index contributed by atoms with van der Waals surface area (Å²) in [5.41, 5.74) is -0.585. The normalized spacial score (nSPS) is 11.9. The number of phenols is 1. The molecule has 0 aliphatic rings. The maximum atomic E-state index is 12.0. The van der Waals surface area contributed by atoms with Crippen LogP contribution in [0.15, 0.2) is 18.2 Å². The summed E-state index contributed by atoms with van der Waals surface area (Å²) in [4.78, 5) is 23.2. The third-order valence-electron chi connectivity index (χ3n) is 2.29. The van der Waals surface area contributed by atoms with E-state index in [4.69, 9.17) is 0 Å². The quantitative estimate of drug-likeness (QED) is 0.609. The summed E-state index contributed by atoms with van der Waals surface area (Å²) < 4.78 is 0. The molecule has 98 valence electrons. The average Bonchev–Trinajstić information content (AvgIpc) is 2.26.